The lowest BCUT2D eigenvalue weighted by Crippen LogP contribution is -2.23. The Morgan fingerprint density at radius 2 is 1.96 bits per heavy atom. The number of carbonyl (C=O) groups excluding carboxylic acids is 1. The van der Waals surface area contributed by atoms with Crippen molar-refractivity contribution in [3.8, 4) is 5.75 Å². The Labute approximate surface area is 149 Å². The number of benzene rings is 1. The second-order valence-electron chi connectivity index (χ2n) is 4.86. The van der Waals surface area contributed by atoms with E-state index in [1.54, 1.807) is 12.1 Å². The van der Waals surface area contributed by atoms with Gasteiger partial charge in [0.15, 0.2) is 0 Å². The molecule has 0 bridgehead atoms. The fraction of sp³-hybridized carbons (Fsp3) is 0.533. The molecule has 0 aromatic heterocycles. The molecule has 0 fully saturated rings. The third-order valence-electron chi connectivity index (χ3n) is 3.07. The zero-order chi connectivity index (χ0) is 16.4. The van der Waals surface area contributed by atoms with Crippen molar-refractivity contribution in [1.82, 2.24) is 5.32 Å². The Bertz CT molecular complexity index is 479. The Hall–Kier alpha value is -0.920. The fourth-order valence-corrected chi connectivity index (χ4v) is 2.37. The van der Waals surface area contributed by atoms with Gasteiger partial charge in [0.2, 0.25) is 5.91 Å². The minimum atomic E-state index is -2.89. The topological polar surface area (TPSA) is 64.4 Å². The lowest BCUT2D eigenvalue weighted by Gasteiger charge is -2.12. The van der Waals surface area contributed by atoms with E-state index >= 15 is 0 Å². The molecule has 0 aliphatic carbocycles. The minimum Gasteiger partial charge on any atom is -0.434 e. The highest BCUT2D eigenvalue weighted by atomic mass is 79.9. The van der Waals surface area contributed by atoms with Crippen molar-refractivity contribution in [1.29, 1.82) is 0 Å². The number of hydrogen-bond donors (Lipinski definition) is 2. The number of amides is 1. The van der Waals surface area contributed by atoms with Gasteiger partial charge in [-0.3, -0.25) is 4.79 Å². The van der Waals surface area contributed by atoms with Crippen LogP contribution in [0, 0.1) is 0 Å². The van der Waals surface area contributed by atoms with E-state index in [0.717, 1.165) is 30.2 Å². The minimum absolute atomic E-state index is 0. The van der Waals surface area contributed by atoms with Crippen LogP contribution in [-0.4, -0.2) is 19.1 Å². The van der Waals surface area contributed by atoms with Gasteiger partial charge in [0.1, 0.15) is 5.75 Å². The highest BCUT2D eigenvalue weighted by Gasteiger charge is 2.11. The Kier molecular flexibility index (Phi) is 12.0. The Morgan fingerprint density at radius 1 is 1.26 bits per heavy atom. The molecule has 1 rings (SSSR count). The highest BCUT2D eigenvalue weighted by molar-refractivity contribution is 9.10. The first kappa shape index (κ1) is 22.1. The van der Waals surface area contributed by atoms with Crippen LogP contribution in [0.4, 0.5) is 8.78 Å². The first-order chi connectivity index (χ1) is 10.5. The molecule has 4 nitrogen and oxygen atoms in total. The first-order valence-electron chi connectivity index (χ1n) is 7.23. The summed E-state index contributed by atoms with van der Waals surface area (Å²) < 4.78 is 29.9. The number of unbranched alkanes of at least 4 members (excludes halogenated alkanes) is 3. The standard InChI is InChI=1S/C15H21BrF2N2O2.ClH/c16-12-6-7-13(22-15(17)18)11(9-12)10-20-14(21)5-3-1-2-4-8-19;/h6-7,9,15H,1-5,8,10,19H2,(H,20,21);1H. The molecule has 0 unspecified atom stereocenters. The molecule has 1 amide bonds. The van der Waals surface area contributed by atoms with E-state index in [9.17, 15) is 13.6 Å². The maximum atomic E-state index is 12.3. The van der Waals surface area contributed by atoms with Crippen LogP contribution in [0.5, 0.6) is 5.75 Å². The SMILES string of the molecule is Cl.NCCCCCCC(=O)NCc1cc(Br)ccc1OC(F)F. The summed E-state index contributed by atoms with van der Waals surface area (Å²) in [7, 11) is 0. The summed E-state index contributed by atoms with van der Waals surface area (Å²) in [5.74, 6) is -0.0304. The van der Waals surface area contributed by atoms with E-state index in [-0.39, 0.29) is 30.6 Å². The van der Waals surface area contributed by atoms with Gasteiger partial charge < -0.3 is 15.8 Å². The summed E-state index contributed by atoms with van der Waals surface area (Å²) in [4.78, 5) is 11.7. The lowest BCUT2D eigenvalue weighted by molar-refractivity contribution is -0.121. The molecule has 1 aromatic rings. The van der Waals surface area contributed by atoms with Crippen LogP contribution >= 0.6 is 28.3 Å². The molecule has 1 aromatic carbocycles. The number of halogens is 4. The van der Waals surface area contributed by atoms with E-state index in [4.69, 9.17) is 5.73 Å². The molecule has 0 saturated carbocycles. The van der Waals surface area contributed by atoms with Crippen LogP contribution < -0.4 is 15.8 Å². The van der Waals surface area contributed by atoms with Gasteiger partial charge >= 0.3 is 6.61 Å². The third kappa shape index (κ3) is 9.73. The molecule has 3 N–H and O–H groups in total. The first-order valence-corrected chi connectivity index (χ1v) is 8.02. The number of rotatable bonds is 10. The second kappa shape index (κ2) is 12.5. The van der Waals surface area contributed by atoms with Crippen molar-refractivity contribution < 1.29 is 18.3 Å². The van der Waals surface area contributed by atoms with Crippen LogP contribution in [0.3, 0.4) is 0 Å². The Morgan fingerprint density at radius 3 is 2.61 bits per heavy atom. The smallest absolute Gasteiger partial charge is 0.387 e. The van der Waals surface area contributed by atoms with Crippen molar-refractivity contribution in [2.75, 3.05) is 6.54 Å². The maximum Gasteiger partial charge on any atom is 0.387 e. The normalized spacial score (nSPS) is 10.3. The van der Waals surface area contributed by atoms with Gasteiger partial charge in [0.25, 0.3) is 0 Å². The average Bonchev–Trinajstić information content (AvgIpc) is 2.47. The lowest BCUT2D eigenvalue weighted by atomic mass is 10.1. The van der Waals surface area contributed by atoms with Gasteiger partial charge in [-0.05, 0) is 37.6 Å². The molecule has 0 aliphatic heterocycles. The average molecular weight is 416 g/mol. The summed E-state index contributed by atoms with van der Waals surface area (Å²) in [6, 6.07) is 4.71. The zero-order valence-corrected chi connectivity index (χ0v) is 15.1. The second-order valence-corrected chi connectivity index (χ2v) is 5.78. The van der Waals surface area contributed by atoms with E-state index in [1.165, 1.54) is 6.07 Å². The molecule has 0 aliphatic rings. The van der Waals surface area contributed by atoms with Crippen LogP contribution in [0.15, 0.2) is 22.7 Å². The summed E-state index contributed by atoms with van der Waals surface area (Å²) in [5, 5.41) is 2.72. The fourth-order valence-electron chi connectivity index (χ4n) is 1.96. The van der Waals surface area contributed by atoms with Gasteiger partial charge in [-0.15, -0.1) is 12.4 Å². The molecule has 0 radical (unpaired) electrons. The summed E-state index contributed by atoms with van der Waals surface area (Å²) in [6.07, 6.45) is 4.16. The number of hydrogen-bond acceptors (Lipinski definition) is 3. The van der Waals surface area contributed by atoms with Crippen LogP contribution in [-0.2, 0) is 11.3 Å². The summed E-state index contributed by atoms with van der Waals surface area (Å²) >= 11 is 3.27. The molecule has 0 saturated heterocycles. The molecule has 23 heavy (non-hydrogen) atoms. The molecular weight excluding hydrogens is 394 g/mol. The van der Waals surface area contributed by atoms with Gasteiger partial charge in [-0.1, -0.05) is 28.8 Å². The summed E-state index contributed by atoms with van der Waals surface area (Å²) in [5.41, 5.74) is 5.90. The largest absolute Gasteiger partial charge is 0.434 e. The number of nitrogens with two attached hydrogens (primary N) is 1. The van der Waals surface area contributed by atoms with Crippen molar-refractivity contribution in [3.63, 3.8) is 0 Å². The van der Waals surface area contributed by atoms with Gasteiger partial charge in [0.05, 0.1) is 0 Å². The Balaban J connectivity index is 0.00000484. The molecule has 0 heterocycles. The number of alkyl halides is 2. The van der Waals surface area contributed by atoms with E-state index in [1.807, 2.05) is 0 Å². The van der Waals surface area contributed by atoms with Crippen LogP contribution in [0.25, 0.3) is 0 Å². The number of carbonyl (C=O) groups is 1. The van der Waals surface area contributed by atoms with Gasteiger partial charge in [-0.25, -0.2) is 0 Å². The van der Waals surface area contributed by atoms with E-state index in [0.29, 0.717) is 18.5 Å². The van der Waals surface area contributed by atoms with Crippen molar-refractivity contribution in [2.24, 2.45) is 5.73 Å². The monoisotopic (exact) mass is 414 g/mol. The summed E-state index contributed by atoms with van der Waals surface area (Å²) in [6.45, 7) is -2.07. The predicted molar refractivity (Wildman–Crippen MR) is 92.0 cm³/mol. The predicted octanol–water partition coefficient (Wildman–Crippen LogP) is 4.00. The highest BCUT2D eigenvalue weighted by Crippen LogP contribution is 2.24. The van der Waals surface area contributed by atoms with Crippen LogP contribution in [0.1, 0.15) is 37.7 Å². The quantitative estimate of drug-likeness (QED) is 0.568. The van der Waals surface area contributed by atoms with Crippen molar-refractivity contribution in [3.05, 3.63) is 28.2 Å². The molecular formula is C15H22BrClF2N2O2. The molecule has 0 atom stereocenters. The number of nitrogens with one attached hydrogen (secondary N) is 1. The molecule has 8 heteroatoms. The molecule has 0 spiro atoms. The van der Waals surface area contributed by atoms with Crippen LogP contribution in [0.2, 0.25) is 0 Å². The van der Waals surface area contributed by atoms with Crippen molar-refractivity contribution >= 4 is 34.2 Å². The molecule has 132 valence electrons. The van der Waals surface area contributed by atoms with Gasteiger partial charge in [0, 0.05) is 23.0 Å². The van der Waals surface area contributed by atoms with E-state index < -0.39 is 6.61 Å². The zero-order valence-electron chi connectivity index (χ0n) is 12.7. The number of ether oxygens (including phenoxy) is 1. The van der Waals surface area contributed by atoms with E-state index in [2.05, 4.69) is 26.0 Å². The van der Waals surface area contributed by atoms with Gasteiger partial charge in [-0.2, -0.15) is 8.78 Å². The third-order valence-corrected chi connectivity index (χ3v) is 3.57. The van der Waals surface area contributed by atoms with Crippen molar-refractivity contribution in [2.45, 2.75) is 45.3 Å². The maximum absolute atomic E-state index is 12.3.